The molecule has 2 fully saturated rings. The van der Waals surface area contributed by atoms with Crippen LogP contribution in [0.4, 0.5) is 0 Å². The molecule has 15 heavy (non-hydrogen) atoms. The zero-order valence-electron chi connectivity index (χ0n) is 10.2. The van der Waals surface area contributed by atoms with Crippen molar-refractivity contribution >= 4 is 11.6 Å². The number of nitrogens with zero attached hydrogens (tertiary/aromatic N) is 2. The van der Waals surface area contributed by atoms with Gasteiger partial charge in [0.05, 0.1) is 5.38 Å². The van der Waals surface area contributed by atoms with Crippen LogP contribution >= 0.6 is 11.6 Å². The van der Waals surface area contributed by atoms with Crippen LogP contribution in [0.25, 0.3) is 0 Å². The lowest BCUT2D eigenvalue weighted by Crippen LogP contribution is -2.45. The zero-order valence-corrected chi connectivity index (χ0v) is 10.9. The maximum absolute atomic E-state index is 6.36. The Balaban J connectivity index is 1.90. The molecule has 2 saturated heterocycles. The lowest BCUT2D eigenvalue weighted by molar-refractivity contribution is 0.151. The first-order chi connectivity index (χ1) is 7.00. The molecule has 0 amide bonds. The van der Waals surface area contributed by atoms with Gasteiger partial charge in [0.25, 0.3) is 0 Å². The second kappa shape index (κ2) is 4.23. The largest absolute Gasteiger partial charge is 0.306 e. The average molecular weight is 231 g/mol. The molecule has 88 valence electrons. The molecule has 2 nitrogen and oxygen atoms in total. The molecule has 0 saturated carbocycles. The SMILES string of the molecule is CN1CCC(CN2CCC(Cl)C2(C)C)C1. The fourth-order valence-electron chi connectivity index (χ4n) is 2.92. The predicted molar refractivity (Wildman–Crippen MR) is 65.5 cm³/mol. The highest BCUT2D eigenvalue weighted by molar-refractivity contribution is 6.21. The first-order valence-corrected chi connectivity index (χ1v) is 6.51. The van der Waals surface area contributed by atoms with Crippen molar-refractivity contribution in [1.82, 2.24) is 9.80 Å². The summed E-state index contributed by atoms with van der Waals surface area (Å²) in [6, 6.07) is 0. The number of hydrogen-bond acceptors (Lipinski definition) is 2. The monoisotopic (exact) mass is 230 g/mol. The molecule has 2 unspecified atom stereocenters. The molecule has 2 aliphatic rings. The van der Waals surface area contributed by atoms with Gasteiger partial charge in [-0.05, 0) is 46.2 Å². The molecule has 2 heterocycles. The molecule has 2 atom stereocenters. The molecule has 0 N–H and O–H groups in total. The van der Waals surface area contributed by atoms with E-state index in [1.54, 1.807) is 0 Å². The van der Waals surface area contributed by atoms with E-state index in [1.807, 2.05) is 0 Å². The summed E-state index contributed by atoms with van der Waals surface area (Å²) >= 11 is 6.36. The third-order valence-electron chi connectivity index (χ3n) is 4.20. The second-order valence-electron chi connectivity index (χ2n) is 5.77. The van der Waals surface area contributed by atoms with Crippen molar-refractivity contribution < 1.29 is 0 Å². The van der Waals surface area contributed by atoms with E-state index in [0.29, 0.717) is 5.38 Å². The minimum absolute atomic E-state index is 0.197. The van der Waals surface area contributed by atoms with Crippen LogP contribution in [0.15, 0.2) is 0 Å². The van der Waals surface area contributed by atoms with E-state index in [9.17, 15) is 0 Å². The van der Waals surface area contributed by atoms with Crippen molar-refractivity contribution in [3.05, 3.63) is 0 Å². The average Bonchev–Trinajstić information content (AvgIpc) is 2.66. The highest BCUT2D eigenvalue weighted by atomic mass is 35.5. The van der Waals surface area contributed by atoms with E-state index < -0.39 is 0 Å². The molecule has 2 aliphatic heterocycles. The van der Waals surface area contributed by atoms with Crippen LogP contribution in [0.1, 0.15) is 26.7 Å². The van der Waals surface area contributed by atoms with Crippen LogP contribution in [0, 0.1) is 5.92 Å². The van der Waals surface area contributed by atoms with Crippen LogP contribution in [0.5, 0.6) is 0 Å². The normalized spacial score (nSPS) is 37.6. The fourth-order valence-corrected chi connectivity index (χ4v) is 3.16. The Bertz CT molecular complexity index is 230. The molecule has 3 heteroatoms. The summed E-state index contributed by atoms with van der Waals surface area (Å²) < 4.78 is 0. The molecule has 0 aromatic carbocycles. The van der Waals surface area contributed by atoms with Gasteiger partial charge >= 0.3 is 0 Å². The first kappa shape index (κ1) is 11.7. The first-order valence-electron chi connectivity index (χ1n) is 6.08. The second-order valence-corrected chi connectivity index (χ2v) is 6.30. The van der Waals surface area contributed by atoms with Gasteiger partial charge in [-0.25, -0.2) is 0 Å². The Morgan fingerprint density at radius 1 is 1.27 bits per heavy atom. The molecular formula is C12H23ClN2. The lowest BCUT2D eigenvalue weighted by atomic mass is 9.99. The van der Waals surface area contributed by atoms with Crippen molar-refractivity contribution in [2.75, 3.05) is 33.2 Å². The summed E-state index contributed by atoms with van der Waals surface area (Å²) in [5.74, 6) is 0.858. The van der Waals surface area contributed by atoms with Gasteiger partial charge in [-0.3, -0.25) is 4.90 Å². The third-order valence-corrected chi connectivity index (χ3v) is 4.95. The molecule has 0 bridgehead atoms. The zero-order chi connectivity index (χ0) is 11.1. The number of hydrogen-bond donors (Lipinski definition) is 0. The van der Waals surface area contributed by atoms with Crippen LogP contribution < -0.4 is 0 Å². The van der Waals surface area contributed by atoms with E-state index >= 15 is 0 Å². The summed E-state index contributed by atoms with van der Waals surface area (Å²) in [4.78, 5) is 5.03. The van der Waals surface area contributed by atoms with E-state index in [1.165, 1.54) is 32.6 Å². The van der Waals surface area contributed by atoms with Crippen molar-refractivity contribution in [1.29, 1.82) is 0 Å². The Morgan fingerprint density at radius 2 is 2.00 bits per heavy atom. The fraction of sp³-hybridized carbons (Fsp3) is 1.00. The Kier molecular flexibility index (Phi) is 3.30. The topological polar surface area (TPSA) is 6.48 Å². The minimum Gasteiger partial charge on any atom is -0.306 e. The number of halogens is 1. The van der Waals surface area contributed by atoms with Crippen molar-refractivity contribution in [2.24, 2.45) is 5.92 Å². The number of alkyl halides is 1. The van der Waals surface area contributed by atoms with Crippen molar-refractivity contribution in [2.45, 2.75) is 37.6 Å². The highest BCUT2D eigenvalue weighted by Crippen LogP contribution is 2.34. The van der Waals surface area contributed by atoms with Crippen LogP contribution in [-0.4, -0.2) is 53.9 Å². The van der Waals surface area contributed by atoms with Crippen molar-refractivity contribution in [3.8, 4) is 0 Å². The maximum Gasteiger partial charge on any atom is 0.0526 e. The predicted octanol–water partition coefficient (Wildman–Crippen LogP) is 2.03. The summed E-state index contributed by atoms with van der Waals surface area (Å²) in [6.45, 7) is 9.53. The van der Waals surface area contributed by atoms with Gasteiger partial charge < -0.3 is 4.90 Å². The van der Waals surface area contributed by atoms with E-state index in [2.05, 4.69) is 30.7 Å². The molecule has 0 aromatic heterocycles. The Hall–Kier alpha value is 0.210. The maximum atomic E-state index is 6.36. The van der Waals surface area contributed by atoms with Gasteiger partial charge in [0.1, 0.15) is 0 Å². The quantitative estimate of drug-likeness (QED) is 0.670. The van der Waals surface area contributed by atoms with E-state index in [0.717, 1.165) is 12.3 Å². The van der Waals surface area contributed by atoms with Crippen molar-refractivity contribution in [3.63, 3.8) is 0 Å². The highest BCUT2D eigenvalue weighted by Gasteiger charge is 2.41. The number of likely N-dealkylation sites (tertiary alicyclic amines) is 2. The standard InChI is InChI=1S/C12H23ClN2/c1-12(2)11(13)5-7-15(12)9-10-4-6-14(3)8-10/h10-11H,4-9H2,1-3H3. The van der Waals surface area contributed by atoms with Gasteiger partial charge in [0, 0.05) is 25.2 Å². The Labute approximate surface area is 98.6 Å². The molecule has 2 rings (SSSR count). The molecule has 0 aromatic rings. The Morgan fingerprint density at radius 3 is 2.47 bits per heavy atom. The van der Waals surface area contributed by atoms with Crippen LogP contribution in [-0.2, 0) is 0 Å². The third kappa shape index (κ3) is 2.32. The summed E-state index contributed by atoms with van der Waals surface area (Å²) in [7, 11) is 2.22. The summed E-state index contributed by atoms with van der Waals surface area (Å²) in [5.41, 5.74) is 0.197. The van der Waals surface area contributed by atoms with Gasteiger partial charge in [0.2, 0.25) is 0 Å². The van der Waals surface area contributed by atoms with Gasteiger partial charge in [-0.2, -0.15) is 0 Å². The molecular weight excluding hydrogens is 208 g/mol. The van der Waals surface area contributed by atoms with Gasteiger partial charge in [-0.1, -0.05) is 0 Å². The van der Waals surface area contributed by atoms with Crippen LogP contribution in [0.2, 0.25) is 0 Å². The summed E-state index contributed by atoms with van der Waals surface area (Å²) in [5, 5.41) is 0.330. The van der Waals surface area contributed by atoms with Gasteiger partial charge in [-0.15, -0.1) is 11.6 Å². The van der Waals surface area contributed by atoms with Gasteiger partial charge in [0.15, 0.2) is 0 Å². The number of rotatable bonds is 2. The lowest BCUT2D eigenvalue weighted by Gasteiger charge is -2.35. The smallest absolute Gasteiger partial charge is 0.0526 e. The molecule has 0 spiro atoms. The minimum atomic E-state index is 0.197. The summed E-state index contributed by atoms with van der Waals surface area (Å²) in [6.07, 6.45) is 2.51. The van der Waals surface area contributed by atoms with E-state index in [4.69, 9.17) is 11.6 Å². The van der Waals surface area contributed by atoms with E-state index in [-0.39, 0.29) is 5.54 Å². The van der Waals surface area contributed by atoms with Crippen LogP contribution in [0.3, 0.4) is 0 Å². The molecule has 0 aliphatic carbocycles. The molecule has 0 radical (unpaired) electrons.